The zero-order chi connectivity index (χ0) is 49.0. The maximum Gasteiger partial charge on any atom is 0.0531 e. The van der Waals surface area contributed by atoms with Gasteiger partial charge >= 0.3 is 0 Å². The molecule has 0 radical (unpaired) electrons. The van der Waals surface area contributed by atoms with Crippen molar-refractivity contribution in [2.45, 2.75) is 57.3 Å². The van der Waals surface area contributed by atoms with E-state index in [4.69, 9.17) is 0 Å². The fraction of sp³-hybridized carbons (Fsp3) is 0.139. The van der Waals surface area contributed by atoms with Crippen LogP contribution in [0.5, 0.6) is 0 Å². The number of rotatable bonds is 7. The van der Waals surface area contributed by atoms with Gasteiger partial charge < -0.3 is 4.57 Å². The molecule has 0 saturated carbocycles. The van der Waals surface area contributed by atoms with Gasteiger partial charge in [-0.25, -0.2) is 0 Å². The monoisotopic (exact) mass is 935 g/mol. The quantitative estimate of drug-likeness (QED) is 0.140. The molecule has 350 valence electrons. The molecular formula is C72H57N. The normalized spacial score (nSPS) is 17.8. The Labute approximate surface area is 429 Å². The number of hydrogen-bond donors (Lipinski definition) is 0. The highest BCUT2D eigenvalue weighted by atomic mass is 15.0. The molecule has 14 rings (SSSR count). The SMILES string of the molecule is CC1(C)c2ccccc2-c2ccc(-c3ccc(-c4ccc(-c5ccc(C6=CC=C7c8ccccc8C(C)(C)C7C6)cc5)c5cc6ccc(-n7c(-c8ccccc8)ccc7C7C=CC=CC7)cc6cc45)cc3)cc21. The van der Waals surface area contributed by atoms with Crippen LogP contribution in [-0.4, -0.2) is 4.57 Å². The molecule has 4 aliphatic carbocycles. The average Bonchev–Trinajstić information content (AvgIpc) is 4.06. The smallest absolute Gasteiger partial charge is 0.0531 e. The van der Waals surface area contributed by atoms with Crippen LogP contribution in [0.1, 0.15) is 80.0 Å². The summed E-state index contributed by atoms with van der Waals surface area (Å²) >= 11 is 0. The summed E-state index contributed by atoms with van der Waals surface area (Å²) in [5, 5.41) is 4.97. The van der Waals surface area contributed by atoms with E-state index in [1.807, 2.05) is 0 Å². The largest absolute Gasteiger partial charge is 0.313 e. The lowest BCUT2D eigenvalue weighted by atomic mass is 9.72. The topological polar surface area (TPSA) is 4.93 Å². The van der Waals surface area contributed by atoms with Crippen molar-refractivity contribution in [2.75, 3.05) is 0 Å². The van der Waals surface area contributed by atoms with Crippen LogP contribution < -0.4 is 0 Å². The lowest BCUT2D eigenvalue weighted by molar-refractivity contribution is 0.418. The van der Waals surface area contributed by atoms with Crippen molar-refractivity contribution in [3.05, 3.63) is 270 Å². The Morgan fingerprint density at radius 1 is 0.438 bits per heavy atom. The van der Waals surface area contributed by atoms with Crippen molar-refractivity contribution in [3.63, 3.8) is 0 Å². The van der Waals surface area contributed by atoms with Crippen molar-refractivity contribution < 1.29 is 0 Å². The van der Waals surface area contributed by atoms with Gasteiger partial charge in [0, 0.05) is 22.7 Å². The van der Waals surface area contributed by atoms with Crippen molar-refractivity contribution in [1.82, 2.24) is 4.57 Å². The minimum atomic E-state index is -0.0454. The van der Waals surface area contributed by atoms with Gasteiger partial charge in [-0.3, -0.25) is 0 Å². The summed E-state index contributed by atoms with van der Waals surface area (Å²) in [6.45, 7) is 9.58. The first kappa shape index (κ1) is 43.5. The Balaban J connectivity index is 0.876. The van der Waals surface area contributed by atoms with E-state index < -0.39 is 0 Å². The average molecular weight is 936 g/mol. The van der Waals surface area contributed by atoms with Crippen LogP contribution in [0.4, 0.5) is 0 Å². The molecule has 0 aliphatic heterocycles. The number of fused-ring (bicyclic) bond motifs is 8. The molecule has 1 heteroatoms. The summed E-state index contributed by atoms with van der Waals surface area (Å²) < 4.78 is 2.49. The first-order chi connectivity index (χ1) is 35.7. The Hall–Kier alpha value is -8.26. The molecule has 1 aromatic heterocycles. The Bertz CT molecular complexity index is 3990. The standard InChI is InChI=1S/C72H57N/c1-71(2)65-21-13-11-19-59(65)61-35-32-53(44-67(61)71)46-23-27-48(28-24-46)57-37-38-58(49-29-25-47(26-30-49)54-33-36-62-60-20-12-14-22-66(60)72(3,4)68(62)45-54)64-43-55-41-56(34-31-52(55)42-63(57)64)73-69(50-15-7-5-8-16-50)39-40-70(73)51-17-9-6-10-18-51/h5-17,19-43,45,51,67H,18,44H2,1-4H3. The van der Waals surface area contributed by atoms with Gasteiger partial charge in [0.05, 0.1) is 5.69 Å². The van der Waals surface area contributed by atoms with Crippen LogP contribution >= 0.6 is 0 Å². The fourth-order valence-corrected chi connectivity index (χ4v) is 13.3. The molecule has 0 amide bonds. The number of aromatic nitrogens is 1. The van der Waals surface area contributed by atoms with Gasteiger partial charge in [0.25, 0.3) is 0 Å². The minimum Gasteiger partial charge on any atom is -0.313 e. The minimum absolute atomic E-state index is 0.0454. The molecule has 0 N–H and O–H groups in total. The van der Waals surface area contributed by atoms with Gasteiger partial charge in [-0.05, 0) is 177 Å². The number of hydrogen-bond acceptors (Lipinski definition) is 0. The molecule has 0 saturated heterocycles. The van der Waals surface area contributed by atoms with Gasteiger partial charge in [0.15, 0.2) is 0 Å². The van der Waals surface area contributed by atoms with E-state index in [0.717, 1.165) is 12.8 Å². The zero-order valence-corrected chi connectivity index (χ0v) is 42.0. The highest BCUT2D eigenvalue weighted by Gasteiger charge is 2.43. The molecule has 73 heavy (non-hydrogen) atoms. The van der Waals surface area contributed by atoms with E-state index in [9.17, 15) is 0 Å². The van der Waals surface area contributed by atoms with E-state index in [-0.39, 0.29) is 10.8 Å². The molecule has 0 spiro atoms. The molecule has 1 nitrogen and oxygen atoms in total. The fourth-order valence-electron chi connectivity index (χ4n) is 13.3. The van der Waals surface area contributed by atoms with E-state index >= 15 is 0 Å². The number of allylic oxidation sites excluding steroid dienone is 8. The van der Waals surface area contributed by atoms with E-state index in [1.165, 1.54) is 128 Å². The summed E-state index contributed by atoms with van der Waals surface area (Å²) in [6, 6.07) is 75.9. The third-order valence-electron chi connectivity index (χ3n) is 17.3. The third-order valence-corrected chi connectivity index (χ3v) is 17.3. The van der Waals surface area contributed by atoms with Gasteiger partial charge in [0.2, 0.25) is 0 Å². The van der Waals surface area contributed by atoms with Gasteiger partial charge in [-0.15, -0.1) is 0 Å². The maximum atomic E-state index is 2.49. The molecule has 0 fully saturated rings. The van der Waals surface area contributed by atoms with Crippen LogP contribution in [0.3, 0.4) is 0 Å². The number of benzene rings is 9. The number of nitrogens with zero attached hydrogens (tertiary/aromatic N) is 1. The van der Waals surface area contributed by atoms with Crippen LogP contribution in [-0.2, 0) is 10.8 Å². The molecule has 10 aromatic rings. The summed E-state index contributed by atoms with van der Waals surface area (Å²) in [4.78, 5) is 0. The van der Waals surface area contributed by atoms with Crippen molar-refractivity contribution >= 4 is 32.7 Å². The molecule has 9 aromatic carbocycles. The summed E-state index contributed by atoms with van der Waals surface area (Å²) in [5.74, 6) is 0.769. The first-order valence-electron chi connectivity index (χ1n) is 26.3. The predicted molar refractivity (Wildman–Crippen MR) is 309 cm³/mol. The predicted octanol–water partition coefficient (Wildman–Crippen LogP) is 19.1. The second kappa shape index (κ2) is 16.7. The molecule has 2 unspecified atom stereocenters. The van der Waals surface area contributed by atoms with Crippen molar-refractivity contribution in [1.29, 1.82) is 0 Å². The van der Waals surface area contributed by atoms with Crippen LogP contribution in [0, 0.1) is 5.92 Å². The highest BCUT2D eigenvalue weighted by molar-refractivity contribution is 6.11. The Morgan fingerprint density at radius 3 is 1.81 bits per heavy atom. The molecule has 2 atom stereocenters. The third kappa shape index (κ3) is 6.97. The molecule has 1 heterocycles. The van der Waals surface area contributed by atoms with Crippen LogP contribution in [0.25, 0.3) is 94.1 Å². The zero-order valence-electron chi connectivity index (χ0n) is 42.0. The van der Waals surface area contributed by atoms with Crippen molar-refractivity contribution in [3.8, 4) is 61.5 Å². The second-order valence-electron chi connectivity index (χ2n) is 22.0. The molecule has 0 bridgehead atoms. The summed E-state index contributed by atoms with van der Waals surface area (Å²) in [6.07, 6.45) is 15.8. The summed E-state index contributed by atoms with van der Waals surface area (Å²) in [5.41, 5.74) is 25.0. The summed E-state index contributed by atoms with van der Waals surface area (Å²) in [7, 11) is 0. The Morgan fingerprint density at radius 2 is 1.07 bits per heavy atom. The first-order valence-corrected chi connectivity index (χ1v) is 26.3. The van der Waals surface area contributed by atoms with E-state index in [1.54, 1.807) is 0 Å². The van der Waals surface area contributed by atoms with E-state index in [2.05, 4.69) is 269 Å². The van der Waals surface area contributed by atoms with Gasteiger partial charge in [-0.2, -0.15) is 0 Å². The lowest BCUT2D eigenvalue weighted by Gasteiger charge is -2.31. The highest BCUT2D eigenvalue weighted by Crippen LogP contribution is 2.55. The Kier molecular flexibility index (Phi) is 9.93. The molecular weight excluding hydrogens is 879 g/mol. The lowest BCUT2D eigenvalue weighted by Crippen LogP contribution is -2.24. The van der Waals surface area contributed by atoms with Gasteiger partial charge in [0.1, 0.15) is 0 Å². The van der Waals surface area contributed by atoms with Crippen LogP contribution in [0.2, 0.25) is 0 Å². The van der Waals surface area contributed by atoms with Crippen LogP contribution in [0.15, 0.2) is 237 Å². The second-order valence-corrected chi connectivity index (χ2v) is 22.0. The van der Waals surface area contributed by atoms with Gasteiger partial charge in [-0.1, -0.05) is 222 Å². The van der Waals surface area contributed by atoms with Crippen molar-refractivity contribution in [2.24, 2.45) is 5.92 Å². The maximum absolute atomic E-state index is 2.49. The molecule has 4 aliphatic rings. The van der Waals surface area contributed by atoms with E-state index in [0.29, 0.717) is 11.8 Å².